The van der Waals surface area contributed by atoms with Crippen LogP contribution >= 0.6 is 0 Å². The molecule has 0 saturated heterocycles. The molecule has 9 heteroatoms. The molecule has 2 atom stereocenters. The molecule has 1 N–H and O–H groups in total. The average molecular weight is 555 g/mol. The van der Waals surface area contributed by atoms with E-state index in [1.54, 1.807) is 0 Å². The standard InChI is InChI=1S/C30H58N4O5/c1-5-8-9-10-12-16-28(7-3)31-30(35)17-13-11-14-18-34-25-29(32-33-34)26-38-22-21-36-19-20-37-23-24-39-27(4)15-6-2/h25,27-28H,5-24,26H2,1-4H3,(H,31,35). The SMILES string of the molecule is CCCCCCCC(CC)NC(=O)CCCCCn1cc(COCCOCCOCCOC(C)CCC)nn1. The summed E-state index contributed by atoms with van der Waals surface area (Å²) in [4.78, 5) is 12.3. The molecule has 1 aromatic heterocycles. The van der Waals surface area contributed by atoms with Crippen LogP contribution in [-0.4, -0.2) is 72.7 Å². The molecule has 0 fully saturated rings. The zero-order valence-electron chi connectivity index (χ0n) is 25.5. The molecule has 2 unspecified atom stereocenters. The van der Waals surface area contributed by atoms with Crippen LogP contribution in [0.5, 0.6) is 0 Å². The van der Waals surface area contributed by atoms with E-state index in [1.807, 2.05) is 10.9 Å². The third-order valence-corrected chi connectivity index (χ3v) is 6.71. The number of hydrogen-bond donors (Lipinski definition) is 1. The van der Waals surface area contributed by atoms with Crippen molar-refractivity contribution in [3.63, 3.8) is 0 Å². The topological polar surface area (TPSA) is 96.7 Å². The van der Waals surface area contributed by atoms with Gasteiger partial charge in [0.15, 0.2) is 0 Å². The van der Waals surface area contributed by atoms with Crippen LogP contribution in [0.2, 0.25) is 0 Å². The second-order valence-corrected chi connectivity index (χ2v) is 10.4. The van der Waals surface area contributed by atoms with Crippen molar-refractivity contribution in [1.29, 1.82) is 0 Å². The maximum atomic E-state index is 12.3. The minimum atomic E-state index is 0.189. The lowest BCUT2D eigenvalue weighted by atomic mass is 10.0. The summed E-state index contributed by atoms with van der Waals surface area (Å²) in [7, 11) is 0. The van der Waals surface area contributed by atoms with Gasteiger partial charge in [0.2, 0.25) is 5.91 Å². The lowest BCUT2D eigenvalue weighted by Crippen LogP contribution is -2.34. The van der Waals surface area contributed by atoms with Gasteiger partial charge in [-0.15, -0.1) is 5.10 Å². The number of hydrogen-bond acceptors (Lipinski definition) is 7. The molecule has 0 aromatic carbocycles. The van der Waals surface area contributed by atoms with E-state index in [2.05, 4.69) is 43.3 Å². The highest BCUT2D eigenvalue weighted by molar-refractivity contribution is 5.76. The van der Waals surface area contributed by atoms with E-state index >= 15 is 0 Å². The summed E-state index contributed by atoms with van der Waals surface area (Å²) in [6.45, 7) is 13.2. The summed E-state index contributed by atoms with van der Waals surface area (Å²) in [6.07, 6.45) is 16.4. The van der Waals surface area contributed by atoms with Gasteiger partial charge in [-0.2, -0.15) is 0 Å². The van der Waals surface area contributed by atoms with Crippen LogP contribution in [0.3, 0.4) is 0 Å². The molecule has 0 bridgehead atoms. The Bertz CT molecular complexity index is 688. The van der Waals surface area contributed by atoms with Crippen molar-refractivity contribution >= 4 is 5.91 Å². The van der Waals surface area contributed by atoms with Gasteiger partial charge >= 0.3 is 0 Å². The lowest BCUT2D eigenvalue weighted by molar-refractivity contribution is -0.122. The minimum absolute atomic E-state index is 0.189. The van der Waals surface area contributed by atoms with Gasteiger partial charge in [-0.25, -0.2) is 0 Å². The van der Waals surface area contributed by atoms with E-state index in [4.69, 9.17) is 18.9 Å². The van der Waals surface area contributed by atoms with Crippen LogP contribution in [0.15, 0.2) is 6.20 Å². The van der Waals surface area contributed by atoms with Crippen molar-refractivity contribution < 1.29 is 23.7 Å². The Morgan fingerprint density at radius 1 is 0.846 bits per heavy atom. The monoisotopic (exact) mass is 554 g/mol. The fraction of sp³-hybridized carbons (Fsp3) is 0.900. The molecule has 1 heterocycles. The number of ether oxygens (including phenoxy) is 4. The Kier molecular flexibility index (Phi) is 23.1. The van der Waals surface area contributed by atoms with Crippen molar-refractivity contribution in [1.82, 2.24) is 20.3 Å². The predicted octanol–water partition coefficient (Wildman–Crippen LogP) is 5.85. The molecular formula is C30H58N4O5. The van der Waals surface area contributed by atoms with Crippen LogP contribution in [0.4, 0.5) is 0 Å². The van der Waals surface area contributed by atoms with Crippen molar-refractivity contribution in [2.75, 3.05) is 39.6 Å². The molecule has 228 valence electrons. The Labute approximate surface area is 238 Å². The first-order valence-corrected chi connectivity index (χ1v) is 15.6. The Balaban J connectivity index is 1.97. The number of aryl methyl sites for hydroxylation is 1. The van der Waals surface area contributed by atoms with Crippen LogP contribution in [-0.2, 0) is 36.9 Å². The third-order valence-electron chi connectivity index (χ3n) is 6.71. The number of nitrogens with zero attached hydrogens (tertiary/aromatic N) is 3. The summed E-state index contributed by atoms with van der Waals surface area (Å²) < 4.78 is 24.2. The van der Waals surface area contributed by atoms with Gasteiger partial charge < -0.3 is 24.3 Å². The zero-order chi connectivity index (χ0) is 28.4. The molecule has 39 heavy (non-hydrogen) atoms. The van der Waals surface area contributed by atoms with Crippen LogP contribution in [0.25, 0.3) is 0 Å². The van der Waals surface area contributed by atoms with E-state index < -0.39 is 0 Å². The predicted molar refractivity (Wildman–Crippen MR) is 156 cm³/mol. The smallest absolute Gasteiger partial charge is 0.220 e. The van der Waals surface area contributed by atoms with E-state index in [9.17, 15) is 4.79 Å². The van der Waals surface area contributed by atoms with Crippen LogP contribution < -0.4 is 5.32 Å². The first-order chi connectivity index (χ1) is 19.1. The fourth-order valence-electron chi connectivity index (χ4n) is 4.34. The van der Waals surface area contributed by atoms with Gasteiger partial charge in [-0.05, 0) is 39.0 Å². The van der Waals surface area contributed by atoms with E-state index in [1.165, 1.54) is 32.1 Å². The first-order valence-electron chi connectivity index (χ1n) is 15.6. The number of carbonyl (C=O) groups is 1. The van der Waals surface area contributed by atoms with Gasteiger partial charge in [-0.1, -0.05) is 70.9 Å². The summed E-state index contributed by atoms with van der Waals surface area (Å²) in [5, 5.41) is 11.6. The van der Waals surface area contributed by atoms with E-state index in [-0.39, 0.29) is 5.91 Å². The second-order valence-electron chi connectivity index (χ2n) is 10.4. The highest BCUT2D eigenvalue weighted by Crippen LogP contribution is 2.10. The lowest BCUT2D eigenvalue weighted by Gasteiger charge is -2.17. The Morgan fingerprint density at radius 2 is 1.54 bits per heavy atom. The zero-order valence-corrected chi connectivity index (χ0v) is 25.5. The molecule has 0 aliphatic heterocycles. The number of unbranched alkanes of at least 4 members (excludes halogenated alkanes) is 6. The summed E-state index contributed by atoms with van der Waals surface area (Å²) in [5.74, 6) is 0.189. The second kappa shape index (κ2) is 25.4. The first kappa shape index (κ1) is 35.5. The molecule has 0 spiro atoms. The van der Waals surface area contributed by atoms with Crippen molar-refractivity contribution in [3.05, 3.63) is 11.9 Å². The number of nitrogens with one attached hydrogen (secondary N) is 1. The minimum Gasteiger partial charge on any atom is -0.377 e. The normalized spacial score (nSPS) is 13.0. The maximum absolute atomic E-state index is 12.3. The van der Waals surface area contributed by atoms with Crippen molar-refractivity contribution in [2.24, 2.45) is 0 Å². The average Bonchev–Trinajstić information content (AvgIpc) is 3.38. The maximum Gasteiger partial charge on any atom is 0.220 e. The highest BCUT2D eigenvalue weighted by Gasteiger charge is 2.10. The van der Waals surface area contributed by atoms with Crippen molar-refractivity contribution in [3.8, 4) is 0 Å². The summed E-state index contributed by atoms with van der Waals surface area (Å²) in [5.41, 5.74) is 0.815. The fourth-order valence-corrected chi connectivity index (χ4v) is 4.34. The molecule has 0 radical (unpaired) electrons. The molecular weight excluding hydrogens is 496 g/mol. The van der Waals surface area contributed by atoms with Gasteiger partial charge in [-0.3, -0.25) is 9.48 Å². The Morgan fingerprint density at radius 3 is 2.26 bits per heavy atom. The summed E-state index contributed by atoms with van der Waals surface area (Å²) in [6, 6.07) is 0.324. The van der Waals surface area contributed by atoms with Crippen LogP contribution in [0.1, 0.15) is 117 Å². The summed E-state index contributed by atoms with van der Waals surface area (Å²) >= 11 is 0. The van der Waals surface area contributed by atoms with Gasteiger partial charge in [0.25, 0.3) is 0 Å². The molecule has 1 amide bonds. The largest absolute Gasteiger partial charge is 0.377 e. The highest BCUT2D eigenvalue weighted by atomic mass is 16.6. The van der Waals surface area contributed by atoms with Crippen LogP contribution in [0, 0.1) is 0 Å². The van der Waals surface area contributed by atoms with Gasteiger partial charge in [0.05, 0.1) is 58.5 Å². The molecule has 0 aliphatic carbocycles. The molecule has 9 nitrogen and oxygen atoms in total. The molecule has 1 aromatic rings. The molecule has 0 saturated carbocycles. The van der Waals surface area contributed by atoms with Crippen molar-refractivity contribution in [2.45, 2.75) is 136 Å². The van der Waals surface area contributed by atoms with E-state index in [0.717, 1.165) is 57.2 Å². The van der Waals surface area contributed by atoms with Gasteiger partial charge in [0.1, 0.15) is 5.69 Å². The number of rotatable bonds is 28. The molecule has 0 aliphatic rings. The quantitative estimate of drug-likeness (QED) is 0.130. The number of carbonyl (C=O) groups excluding carboxylic acids is 1. The third kappa shape index (κ3) is 20.9. The number of amides is 1. The molecule has 1 rings (SSSR count). The van der Waals surface area contributed by atoms with Gasteiger partial charge in [0, 0.05) is 19.0 Å². The van der Waals surface area contributed by atoms with E-state index in [0.29, 0.717) is 64.8 Å². The Hall–Kier alpha value is -1.55. The number of aromatic nitrogens is 3.